The third-order valence-electron chi connectivity index (χ3n) is 2.80. The van der Waals surface area contributed by atoms with E-state index in [1.165, 1.54) is 0 Å². The molecule has 5 nitrogen and oxygen atoms in total. The Morgan fingerprint density at radius 1 is 1.25 bits per heavy atom. The fourth-order valence-electron chi connectivity index (χ4n) is 1.79. The Morgan fingerprint density at radius 3 is 2.45 bits per heavy atom. The summed E-state index contributed by atoms with van der Waals surface area (Å²) >= 11 is 0. The quantitative estimate of drug-likeness (QED) is 0.857. The number of carbonyl (C=O) groups excluding carboxylic acids is 1. The lowest BCUT2D eigenvalue weighted by atomic mass is 10.1. The first-order chi connectivity index (χ1) is 9.47. The second-order valence-corrected chi connectivity index (χ2v) is 5.07. The molecule has 0 saturated heterocycles. The van der Waals surface area contributed by atoms with Gasteiger partial charge in [-0.1, -0.05) is 12.1 Å². The van der Waals surface area contributed by atoms with Gasteiger partial charge in [0, 0.05) is 19.8 Å². The number of nitrogens with zero attached hydrogens (tertiary/aromatic N) is 2. The van der Waals surface area contributed by atoms with Crippen molar-refractivity contribution in [1.29, 1.82) is 0 Å². The Labute approximate surface area is 118 Å². The number of amides is 1. The molecule has 0 radical (unpaired) electrons. The molecule has 1 aliphatic rings. The second-order valence-electron chi connectivity index (χ2n) is 5.07. The zero-order valence-corrected chi connectivity index (χ0v) is 12.2. The van der Waals surface area contributed by atoms with Crippen LogP contribution in [0.25, 0.3) is 6.08 Å². The molecule has 1 N–H and O–H groups in total. The van der Waals surface area contributed by atoms with Crippen LogP contribution in [0.2, 0.25) is 0 Å². The van der Waals surface area contributed by atoms with Crippen LogP contribution in [0.1, 0.15) is 19.4 Å². The van der Waals surface area contributed by atoms with Gasteiger partial charge in [-0.3, -0.25) is 4.79 Å². The topological polar surface area (TPSA) is 53.9 Å². The Morgan fingerprint density at radius 2 is 1.90 bits per heavy atom. The van der Waals surface area contributed by atoms with E-state index < -0.39 is 0 Å². The molecule has 1 amide bonds. The lowest BCUT2D eigenvalue weighted by Crippen LogP contribution is -2.16. The van der Waals surface area contributed by atoms with Gasteiger partial charge in [-0.2, -0.15) is 0 Å². The Hall–Kier alpha value is -2.30. The fourth-order valence-corrected chi connectivity index (χ4v) is 1.79. The van der Waals surface area contributed by atoms with Crippen LogP contribution in [-0.2, 0) is 9.53 Å². The minimum atomic E-state index is -0.239. The SMILES string of the molecule is CC(C)OC1=NNC(=O)/C1=C/c1ccc(N(C)C)cc1. The molecule has 106 valence electrons. The molecule has 0 spiro atoms. The van der Waals surface area contributed by atoms with Crippen molar-refractivity contribution >= 4 is 23.6 Å². The van der Waals surface area contributed by atoms with Gasteiger partial charge in [0.05, 0.1) is 6.10 Å². The molecule has 1 aromatic carbocycles. The van der Waals surface area contributed by atoms with Crippen molar-refractivity contribution < 1.29 is 9.53 Å². The van der Waals surface area contributed by atoms with Crippen LogP contribution >= 0.6 is 0 Å². The van der Waals surface area contributed by atoms with E-state index in [-0.39, 0.29) is 12.0 Å². The van der Waals surface area contributed by atoms with Crippen molar-refractivity contribution in [2.75, 3.05) is 19.0 Å². The van der Waals surface area contributed by atoms with Gasteiger partial charge in [-0.15, -0.1) is 5.10 Å². The summed E-state index contributed by atoms with van der Waals surface area (Å²) in [4.78, 5) is 13.8. The van der Waals surface area contributed by atoms with Gasteiger partial charge in [0.15, 0.2) is 0 Å². The van der Waals surface area contributed by atoms with Crippen molar-refractivity contribution in [2.45, 2.75) is 20.0 Å². The van der Waals surface area contributed by atoms with Crippen molar-refractivity contribution in [3.05, 3.63) is 35.4 Å². The molecule has 0 fully saturated rings. The zero-order valence-electron chi connectivity index (χ0n) is 12.2. The van der Waals surface area contributed by atoms with Crippen LogP contribution in [-0.4, -0.2) is 32.0 Å². The molecule has 0 saturated carbocycles. The smallest absolute Gasteiger partial charge is 0.277 e. The Balaban J connectivity index is 2.24. The van der Waals surface area contributed by atoms with E-state index in [2.05, 4.69) is 10.5 Å². The van der Waals surface area contributed by atoms with E-state index in [0.29, 0.717) is 11.5 Å². The summed E-state index contributed by atoms with van der Waals surface area (Å²) < 4.78 is 5.52. The minimum absolute atomic E-state index is 0.0269. The molecule has 0 bridgehead atoms. The Bertz CT molecular complexity index is 557. The summed E-state index contributed by atoms with van der Waals surface area (Å²) in [6.07, 6.45) is 1.75. The maximum absolute atomic E-state index is 11.8. The highest BCUT2D eigenvalue weighted by Gasteiger charge is 2.24. The van der Waals surface area contributed by atoms with Gasteiger partial charge in [-0.05, 0) is 37.6 Å². The number of benzene rings is 1. The van der Waals surface area contributed by atoms with Gasteiger partial charge >= 0.3 is 0 Å². The molecule has 5 heteroatoms. The first-order valence-corrected chi connectivity index (χ1v) is 6.51. The highest BCUT2D eigenvalue weighted by atomic mass is 16.5. The zero-order chi connectivity index (χ0) is 14.7. The molecule has 0 aliphatic carbocycles. The molecule has 0 aromatic heterocycles. The summed E-state index contributed by atoms with van der Waals surface area (Å²) in [5.74, 6) is 0.110. The number of hydrogen-bond donors (Lipinski definition) is 1. The van der Waals surface area contributed by atoms with Crippen molar-refractivity contribution in [3.8, 4) is 0 Å². The largest absolute Gasteiger partial charge is 0.473 e. The molecule has 0 unspecified atom stereocenters. The Kier molecular flexibility index (Phi) is 4.08. The third-order valence-corrected chi connectivity index (χ3v) is 2.80. The van der Waals surface area contributed by atoms with E-state index in [1.54, 1.807) is 6.08 Å². The standard InChI is InChI=1S/C15H19N3O2/c1-10(2)20-15-13(14(19)16-17-15)9-11-5-7-12(8-6-11)18(3)4/h5-10H,1-4H3,(H,16,19)/b13-9-. The third kappa shape index (κ3) is 3.17. The molecule has 1 heterocycles. The number of carbonyl (C=O) groups is 1. The first kappa shape index (κ1) is 14.1. The molecule has 1 aromatic rings. The van der Waals surface area contributed by atoms with Gasteiger partial charge in [0.2, 0.25) is 5.90 Å². The highest BCUT2D eigenvalue weighted by molar-refractivity contribution is 6.24. The van der Waals surface area contributed by atoms with Crippen molar-refractivity contribution in [1.82, 2.24) is 5.43 Å². The van der Waals surface area contributed by atoms with E-state index in [9.17, 15) is 4.79 Å². The summed E-state index contributed by atoms with van der Waals surface area (Å²) in [6.45, 7) is 3.80. The van der Waals surface area contributed by atoms with Crippen molar-refractivity contribution in [3.63, 3.8) is 0 Å². The van der Waals surface area contributed by atoms with E-state index in [0.717, 1.165) is 11.3 Å². The number of rotatable bonds is 3. The van der Waals surface area contributed by atoms with E-state index >= 15 is 0 Å². The maximum atomic E-state index is 11.8. The summed E-state index contributed by atoms with van der Waals surface area (Å²) in [6, 6.07) is 7.92. The monoisotopic (exact) mass is 273 g/mol. The fraction of sp³-hybridized carbons (Fsp3) is 0.333. The summed E-state index contributed by atoms with van der Waals surface area (Å²) in [5, 5.41) is 3.90. The minimum Gasteiger partial charge on any atom is -0.473 e. The van der Waals surface area contributed by atoms with Crippen LogP contribution in [0.5, 0.6) is 0 Å². The molecule has 20 heavy (non-hydrogen) atoms. The van der Waals surface area contributed by atoms with Crippen LogP contribution < -0.4 is 10.3 Å². The van der Waals surface area contributed by atoms with Gasteiger partial charge in [0.1, 0.15) is 5.57 Å². The number of ether oxygens (including phenoxy) is 1. The normalized spacial score (nSPS) is 16.4. The lowest BCUT2D eigenvalue weighted by molar-refractivity contribution is -0.116. The second kappa shape index (κ2) is 5.77. The molecular weight excluding hydrogens is 254 g/mol. The average Bonchev–Trinajstić information content (AvgIpc) is 2.71. The van der Waals surface area contributed by atoms with Crippen LogP contribution in [0.15, 0.2) is 34.9 Å². The van der Waals surface area contributed by atoms with Crippen molar-refractivity contribution in [2.24, 2.45) is 5.10 Å². The summed E-state index contributed by atoms with van der Waals surface area (Å²) in [7, 11) is 3.97. The maximum Gasteiger partial charge on any atom is 0.277 e. The highest BCUT2D eigenvalue weighted by Crippen LogP contribution is 2.17. The van der Waals surface area contributed by atoms with Gasteiger partial charge < -0.3 is 9.64 Å². The number of hydrogen-bond acceptors (Lipinski definition) is 4. The number of nitrogens with one attached hydrogen (secondary N) is 1. The number of anilines is 1. The molecule has 2 rings (SSSR count). The molecular formula is C15H19N3O2. The van der Waals surface area contributed by atoms with Crippen LogP contribution in [0, 0.1) is 0 Å². The average molecular weight is 273 g/mol. The molecule has 0 atom stereocenters. The lowest BCUT2D eigenvalue weighted by Gasteiger charge is -2.12. The van der Waals surface area contributed by atoms with Gasteiger partial charge in [-0.25, -0.2) is 5.43 Å². The van der Waals surface area contributed by atoms with E-state index in [4.69, 9.17) is 4.74 Å². The van der Waals surface area contributed by atoms with E-state index in [1.807, 2.05) is 57.1 Å². The predicted octanol–water partition coefficient (Wildman–Crippen LogP) is 2.00. The summed E-state index contributed by atoms with van der Waals surface area (Å²) in [5.41, 5.74) is 4.92. The van der Waals surface area contributed by atoms with Gasteiger partial charge in [0.25, 0.3) is 5.91 Å². The first-order valence-electron chi connectivity index (χ1n) is 6.51. The molecule has 1 aliphatic heterocycles. The van der Waals surface area contributed by atoms with Crippen LogP contribution in [0.3, 0.4) is 0 Å². The predicted molar refractivity (Wildman–Crippen MR) is 80.5 cm³/mol. The van der Waals surface area contributed by atoms with Crippen LogP contribution in [0.4, 0.5) is 5.69 Å². The number of hydrazone groups is 1.